The number of anilines is 1. The fraction of sp³-hybridized carbons (Fsp3) is 0.0588. The van der Waals surface area contributed by atoms with Gasteiger partial charge in [-0.05, 0) is 36.8 Å². The molecule has 2 aromatic carbocycles. The van der Waals surface area contributed by atoms with Crippen LogP contribution in [0.5, 0.6) is 0 Å². The predicted octanol–water partition coefficient (Wildman–Crippen LogP) is 3.63. The van der Waals surface area contributed by atoms with Crippen LogP contribution in [0.4, 0.5) is 14.5 Å². The van der Waals surface area contributed by atoms with Gasteiger partial charge in [-0.2, -0.15) is 0 Å². The van der Waals surface area contributed by atoms with E-state index in [1.54, 1.807) is 19.1 Å². The first-order chi connectivity index (χ1) is 10.9. The highest BCUT2D eigenvalue weighted by Crippen LogP contribution is 2.21. The van der Waals surface area contributed by atoms with E-state index in [0.717, 1.165) is 23.1 Å². The Labute approximate surface area is 129 Å². The van der Waals surface area contributed by atoms with Crippen LogP contribution in [0.3, 0.4) is 0 Å². The molecule has 1 amide bonds. The zero-order chi connectivity index (χ0) is 16.6. The fourth-order valence-electron chi connectivity index (χ4n) is 2.27. The second-order valence-corrected chi connectivity index (χ2v) is 5.04. The van der Waals surface area contributed by atoms with Crippen LogP contribution < -0.4 is 10.9 Å². The van der Waals surface area contributed by atoms with E-state index in [2.05, 4.69) is 5.32 Å². The molecule has 0 fully saturated rings. The maximum Gasteiger partial charge on any atom is 0.336 e. The molecule has 1 N–H and O–H groups in total. The van der Waals surface area contributed by atoms with E-state index in [4.69, 9.17) is 4.42 Å². The summed E-state index contributed by atoms with van der Waals surface area (Å²) in [5.41, 5.74) is 0.617. The van der Waals surface area contributed by atoms with Crippen LogP contribution in [0.1, 0.15) is 15.9 Å². The molecule has 6 heteroatoms. The normalized spacial score (nSPS) is 10.7. The summed E-state index contributed by atoms with van der Waals surface area (Å²) < 4.78 is 31.6. The van der Waals surface area contributed by atoms with Crippen molar-refractivity contribution in [2.24, 2.45) is 0 Å². The summed E-state index contributed by atoms with van der Waals surface area (Å²) >= 11 is 0. The molecular weight excluding hydrogens is 304 g/mol. The summed E-state index contributed by atoms with van der Waals surface area (Å²) in [5.74, 6) is -2.44. The van der Waals surface area contributed by atoms with Crippen LogP contribution in [0.15, 0.2) is 51.7 Å². The Balaban J connectivity index is 1.95. The van der Waals surface area contributed by atoms with Gasteiger partial charge < -0.3 is 9.73 Å². The number of fused-ring (bicyclic) bond motifs is 1. The van der Waals surface area contributed by atoms with Crippen LogP contribution >= 0.6 is 0 Å². The number of nitrogens with one attached hydrogen (secondary N) is 1. The molecule has 116 valence electrons. The Hall–Kier alpha value is -3.02. The van der Waals surface area contributed by atoms with Gasteiger partial charge in [-0.3, -0.25) is 4.79 Å². The van der Waals surface area contributed by atoms with E-state index in [1.807, 2.05) is 0 Å². The summed E-state index contributed by atoms with van der Waals surface area (Å²) in [5, 5.41) is 3.22. The van der Waals surface area contributed by atoms with Gasteiger partial charge in [-0.1, -0.05) is 0 Å². The van der Waals surface area contributed by atoms with Crippen LogP contribution in [-0.4, -0.2) is 5.91 Å². The number of hydrogen-bond donors (Lipinski definition) is 1. The molecule has 0 aliphatic heterocycles. The van der Waals surface area contributed by atoms with Gasteiger partial charge in [0.05, 0.1) is 5.56 Å². The second-order valence-electron chi connectivity index (χ2n) is 5.04. The van der Waals surface area contributed by atoms with Crippen molar-refractivity contribution >= 4 is 22.6 Å². The van der Waals surface area contributed by atoms with E-state index < -0.39 is 23.2 Å². The van der Waals surface area contributed by atoms with E-state index in [9.17, 15) is 18.4 Å². The Morgan fingerprint density at radius 1 is 1.09 bits per heavy atom. The number of benzene rings is 2. The van der Waals surface area contributed by atoms with Crippen molar-refractivity contribution < 1.29 is 18.0 Å². The van der Waals surface area contributed by atoms with Crippen LogP contribution in [-0.2, 0) is 0 Å². The molecule has 0 radical (unpaired) electrons. The maximum atomic E-state index is 13.6. The van der Waals surface area contributed by atoms with E-state index in [-0.39, 0.29) is 5.56 Å². The monoisotopic (exact) mass is 315 g/mol. The zero-order valence-electron chi connectivity index (χ0n) is 12.0. The minimum absolute atomic E-state index is 0.280. The van der Waals surface area contributed by atoms with Crippen LogP contribution in [0.2, 0.25) is 0 Å². The maximum absolute atomic E-state index is 13.6. The molecule has 1 aromatic heterocycles. The molecule has 0 saturated carbocycles. The third-order valence-electron chi connectivity index (χ3n) is 3.38. The number of hydrogen-bond acceptors (Lipinski definition) is 3. The molecule has 0 spiro atoms. The number of rotatable bonds is 2. The highest BCUT2D eigenvalue weighted by Gasteiger charge is 2.13. The van der Waals surface area contributed by atoms with Crippen molar-refractivity contribution in [3.63, 3.8) is 0 Å². The first kappa shape index (κ1) is 14.9. The van der Waals surface area contributed by atoms with Gasteiger partial charge in [-0.15, -0.1) is 0 Å². The number of amides is 1. The summed E-state index contributed by atoms with van der Waals surface area (Å²) in [7, 11) is 0. The molecule has 4 nitrogen and oxygen atoms in total. The van der Waals surface area contributed by atoms with Crippen molar-refractivity contribution in [3.05, 3.63) is 75.6 Å². The lowest BCUT2D eigenvalue weighted by Gasteiger charge is -2.07. The Morgan fingerprint density at radius 3 is 2.61 bits per heavy atom. The average molecular weight is 315 g/mol. The first-order valence-corrected chi connectivity index (χ1v) is 6.75. The van der Waals surface area contributed by atoms with Gasteiger partial charge in [0.1, 0.15) is 17.2 Å². The fourth-order valence-corrected chi connectivity index (χ4v) is 2.27. The molecule has 0 aliphatic rings. The molecule has 0 bridgehead atoms. The standard InChI is InChI=1S/C17H11F2NO3/c1-9-6-16(21)23-15-8-11(3-5-12(9)15)20-17(22)13-4-2-10(18)7-14(13)19/h2-8H,1H3,(H,20,22). The molecule has 0 unspecified atom stereocenters. The lowest BCUT2D eigenvalue weighted by molar-refractivity contribution is 0.102. The van der Waals surface area contributed by atoms with Crippen LogP contribution in [0.25, 0.3) is 11.0 Å². The molecule has 0 saturated heterocycles. The number of halogens is 2. The number of carbonyl (C=O) groups excluding carboxylic acids is 1. The average Bonchev–Trinajstić information content (AvgIpc) is 2.46. The summed E-state index contributed by atoms with van der Waals surface area (Å²) in [4.78, 5) is 23.4. The summed E-state index contributed by atoms with van der Waals surface area (Å²) in [6, 6.07) is 8.83. The quantitative estimate of drug-likeness (QED) is 0.735. The predicted molar refractivity (Wildman–Crippen MR) is 81.5 cm³/mol. The van der Waals surface area contributed by atoms with Gasteiger partial charge in [0.2, 0.25) is 0 Å². The van der Waals surface area contributed by atoms with Gasteiger partial charge in [0.15, 0.2) is 0 Å². The second kappa shape index (κ2) is 5.64. The van der Waals surface area contributed by atoms with Crippen molar-refractivity contribution in [1.82, 2.24) is 0 Å². The van der Waals surface area contributed by atoms with Gasteiger partial charge >= 0.3 is 5.63 Å². The van der Waals surface area contributed by atoms with E-state index in [1.165, 1.54) is 12.1 Å². The zero-order valence-corrected chi connectivity index (χ0v) is 12.0. The Kier molecular flexibility index (Phi) is 3.65. The van der Waals surface area contributed by atoms with Crippen LogP contribution in [0, 0.1) is 18.6 Å². The highest BCUT2D eigenvalue weighted by molar-refractivity contribution is 6.05. The van der Waals surface area contributed by atoms with Crippen molar-refractivity contribution in [3.8, 4) is 0 Å². The number of aryl methyl sites for hydroxylation is 1. The topological polar surface area (TPSA) is 59.3 Å². The molecule has 0 aliphatic carbocycles. The Morgan fingerprint density at radius 2 is 1.87 bits per heavy atom. The van der Waals surface area contributed by atoms with Crippen molar-refractivity contribution in [2.45, 2.75) is 6.92 Å². The third-order valence-corrected chi connectivity index (χ3v) is 3.38. The van der Waals surface area contributed by atoms with Gasteiger partial charge in [0.25, 0.3) is 5.91 Å². The van der Waals surface area contributed by atoms with Gasteiger partial charge in [0, 0.05) is 29.3 Å². The molecule has 23 heavy (non-hydrogen) atoms. The van der Waals surface area contributed by atoms with Gasteiger partial charge in [-0.25, -0.2) is 13.6 Å². The van der Waals surface area contributed by atoms with Crippen molar-refractivity contribution in [1.29, 1.82) is 0 Å². The molecule has 3 aromatic rings. The molecule has 3 rings (SSSR count). The first-order valence-electron chi connectivity index (χ1n) is 6.75. The third kappa shape index (κ3) is 2.96. The minimum atomic E-state index is -0.953. The smallest absolute Gasteiger partial charge is 0.336 e. The SMILES string of the molecule is Cc1cc(=O)oc2cc(NC(=O)c3ccc(F)cc3F)ccc12. The number of carbonyl (C=O) groups is 1. The summed E-state index contributed by atoms with van der Waals surface area (Å²) in [6.07, 6.45) is 0. The van der Waals surface area contributed by atoms with E-state index >= 15 is 0 Å². The Bertz CT molecular complexity index is 979. The molecular formula is C17H11F2NO3. The largest absolute Gasteiger partial charge is 0.423 e. The van der Waals surface area contributed by atoms with E-state index in [0.29, 0.717) is 17.3 Å². The molecule has 1 heterocycles. The highest BCUT2D eigenvalue weighted by atomic mass is 19.1. The minimum Gasteiger partial charge on any atom is -0.423 e. The summed E-state index contributed by atoms with van der Waals surface area (Å²) in [6.45, 7) is 1.77. The van der Waals surface area contributed by atoms with Crippen molar-refractivity contribution in [2.75, 3.05) is 5.32 Å². The lowest BCUT2D eigenvalue weighted by Crippen LogP contribution is -2.14. The molecule has 0 atom stereocenters. The lowest BCUT2D eigenvalue weighted by atomic mass is 10.1.